The summed E-state index contributed by atoms with van der Waals surface area (Å²) in [4.78, 5) is 0. The number of ether oxygens (including phenoxy) is 1. The average Bonchev–Trinajstić information content (AvgIpc) is 3.09. The quantitative estimate of drug-likeness (QED) is 0.677. The fraction of sp³-hybridized carbons (Fsp3) is 1.00. The van der Waals surface area contributed by atoms with Crippen LogP contribution >= 0.6 is 0 Å². The zero-order chi connectivity index (χ0) is 14.6. The maximum absolute atomic E-state index is 6.02. The van der Waals surface area contributed by atoms with Crippen molar-refractivity contribution >= 4 is 0 Å². The number of hydrogen-bond donors (Lipinski definition) is 1. The molecule has 0 saturated heterocycles. The lowest BCUT2D eigenvalue weighted by molar-refractivity contribution is -0.0547. The van der Waals surface area contributed by atoms with Gasteiger partial charge in [0.1, 0.15) is 0 Å². The summed E-state index contributed by atoms with van der Waals surface area (Å²) < 4.78 is 6.02. The Morgan fingerprint density at radius 3 is 2.35 bits per heavy atom. The summed E-state index contributed by atoms with van der Waals surface area (Å²) in [6.45, 7) is 7.95. The molecule has 0 amide bonds. The zero-order valence-electron chi connectivity index (χ0n) is 14.1. The second-order valence-electron chi connectivity index (χ2n) is 7.15. The van der Waals surface area contributed by atoms with E-state index in [0.717, 1.165) is 37.1 Å². The standard InChI is InChI=1S/C18H35NO/c1-5-10-19-17(18(6-2,7-3)20-4)13-16-12-14-8-9-15(16)11-14/h14-17,19H,5-13H2,1-4H3. The minimum Gasteiger partial charge on any atom is -0.377 e. The Morgan fingerprint density at radius 2 is 1.90 bits per heavy atom. The van der Waals surface area contributed by atoms with Gasteiger partial charge in [0.2, 0.25) is 0 Å². The first-order chi connectivity index (χ1) is 9.69. The van der Waals surface area contributed by atoms with Crippen LogP contribution < -0.4 is 5.32 Å². The number of fused-ring (bicyclic) bond motifs is 2. The van der Waals surface area contributed by atoms with Crippen LogP contribution in [0.15, 0.2) is 0 Å². The molecular weight excluding hydrogens is 246 g/mol. The van der Waals surface area contributed by atoms with E-state index in [9.17, 15) is 0 Å². The Bertz CT molecular complexity index is 279. The summed E-state index contributed by atoms with van der Waals surface area (Å²) in [5.74, 6) is 3.03. The predicted molar refractivity (Wildman–Crippen MR) is 86.0 cm³/mol. The van der Waals surface area contributed by atoms with E-state index < -0.39 is 0 Å². The third kappa shape index (κ3) is 3.22. The number of methoxy groups -OCH3 is 1. The molecule has 0 heterocycles. The van der Waals surface area contributed by atoms with Crippen LogP contribution in [0.5, 0.6) is 0 Å². The van der Waals surface area contributed by atoms with Gasteiger partial charge in [0, 0.05) is 13.2 Å². The molecule has 0 radical (unpaired) electrons. The van der Waals surface area contributed by atoms with E-state index in [2.05, 4.69) is 26.1 Å². The second kappa shape index (κ2) is 7.26. The van der Waals surface area contributed by atoms with Gasteiger partial charge in [0.15, 0.2) is 0 Å². The summed E-state index contributed by atoms with van der Waals surface area (Å²) in [7, 11) is 1.91. The maximum Gasteiger partial charge on any atom is 0.0825 e. The third-order valence-corrected chi connectivity index (χ3v) is 6.30. The van der Waals surface area contributed by atoms with Crippen LogP contribution in [0, 0.1) is 17.8 Å². The van der Waals surface area contributed by atoms with Crippen molar-refractivity contribution in [3.63, 3.8) is 0 Å². The summed E-state index contributed by atoms with van der Waals surface area (Å²) >= 11 is 0. The molecule has 2 aliphatic carbocycles. The third-order valence-electron chi connectivity index (χ3n) is 6.30. The molecule has 2 fully saturated rings. The molecule has 2 aliphatic rings. The van der Waals surface area contributed by atoms with E-state index in [4.69, 9.17) is 4.74 Å². The van der Waals surface area contributed by atoms with Gasteiger partial charge in [-0.3, -0.25) is 0 Å². The van der Waals surface area contributed by atoms with Gasteiger partial charge < -0.3 is 10.1 Å². The molecule has 4 unspecified atom stereocenters. The molecule has 1 N–H and O–H groups in total. The SMILES string of the molecule is CCCNC(CC1CC2CCC1C2)C(CC)(CC)OC. The van der Waals surface area contributed by atoms with Crippen LogP contribution in [0.1, 0.15) is 72.1 Å². The van der Waals surface area contributed by atoms with E-state index in [1.807, 2.05) is 7.11 Å². The molecule has 0 aliphatic heterocycles. The predicted octanol–water partition coefficient (Wildman–Crippen LogP) is 4.39. The molecule has 0 aromatic heterocycles. The van der Waals surface area contributed by atoms with Crippen LogP contribution in [-0.4, -0.2) is 25.3 Å². The van der Waals surface area contributed by atoms with Crippen molar-refractivity contribution in [1.82, 2.24) is 5.32 Å². The maximum atomic E-state index is 6.02. The molecule has 2 nitrogen and oxygen atoms in total. The van der Waals surface area contributed by atoms with E-state index in [0.29, 0.717) is 6.04 Å². The summed E-state index contributed by atoms with van der Waals surface area (Å²) in [5, 5.41) is 3.82. The van der Waals surface area contributed by atoms with Gasteiger partial charge in [-0.1, -0.05) is 27.2 Å². The van der Waals surface area contributed by atoms with Gasteiger partial charge >= 0.3 is 0 Å². The smallest absolute Gasteiger partial charge is 0.0825 e. The van der Waals surface area contributed by atoms with Crippen molar-refractivity contribution in [2.45, 2.75) is 83.8 Å². The highest BCUT2D eigenvalue weighted by atomic mass is 16.5. The van der Waals surface area contributed by atoms with Crippen molar-refractivity contribution in [1.29, 1.82) is 0 Å². The van der Waals surface area contributed by atoms with Crippen LogP contribution in [0.2, 0.25) is 0 Å². The molecule has 2 heteroatoms. The molecule has 2 saturated carbocycles. The first-order valence-corrected chi connectivity index (χ1v) is 8.97. The van der Waals surface area contributed by atoms with Gasteiger partial charge in [-0.2, -0.15) is 0 Å². The van der Waals surface area contributed by atoms with Crippen LogP contribution in [0.25, 0.3) is 0 Å². The molecule has 0 aromatic rings. The van der Waals surface area contributed by atoms with Gasteiger partial charge in [-0.05, 0) is 69.2 Å². The summed E-state index contributed by atoms with van der Waals surface area (Å²) in [5.41, 5.74) is 0.0387. The highest BCUT2D eigenvalue weighted by molar-refractivity contribution is 4.97. The van der Waals surface area contributed by atoms with Gasteiger partial charge in [-0.25, -0.2) is 0 Å². The monoisotopic (exact) mass is 281 g/mol. The number of hydrogen-bond acceptors (Lipinski definition) is 2. The molecule has 20 heavy (non-hydrogen) atoms. The van der Waals surface area contributed by atoms with E-state index in [1.165, 1.54) is 38.5 Å². The Labute approximate surface area is 126 Å². The van der Waals surface area contributed by atoms with Crippen LogP contribution in [-0.2, 0) is 4.74 Å². The highest BCUT2D eigenvalue weighted by Crippen LogP contribution is 2.50. The minimum absolute atomic E-state index is 0.0387. The molecule has 118 valence electrons. The van der Waals surface area contributed by atoms with Crippen LogP contribution in [0.4, 0.5) is 0 Å². The first kappa shape index (κ1) is 16.3. The van der Waals surface area contributed by atoms with Crippen molar-refractivity contribution in [3.8, 4) is 0 Å². The van der Waals surface area contributed by atoms with Crippen molar-refractivity contribution in [3.05, 3.63) is 0 Å². The molecule has 0 spiro atoms. The summed E-state index contributed by atoms with van der Waals surface area (Å²) in [6, 6.07) is 0.534. The van der Waals surface area contributed by atoms with Gasteiger partial charge in [0.05, 0.1) is 5.60 Å². The normalized spacial score (nSPS) is 30.9. The lowest BCUT2D eigenvalue weighted by Gasteiger charge is -2.41. The Hall–Kier alpha value is -0.0800. The van der Waals surface area contributed by atoms with E-state index >= 15 is 0 Å². The van der Waals surface area contributed by atoms with Crippen LogP contribution in [0.3, 0.4) is 0 Å². The Kier molecular flexibility index (Phi) is 5.92. The minimum atomic E-state index is 0.0387. The molecule has 0 aromatic carbocycles. The van der Waals surface area contributed by atoms with E-state index in [1.54, 1.807) is 0 Å². The Morgan fingerprint density at radius 1 is 1.15 bits per heavy atom. The lowest BCUT2D eigenvalue weighted by atomic mass is 9.77. The molecular formula is C18H35NO. The molecule has 2 rings (SSSR count). The first-order valence-electron chi connectivity index (χ1n) is 8.97. The number of rotatable bonds is 9. The van der Waals surface area contributed by atoms with E-state index in [-0.39, 0.29) is 5.60 Å². The topological polar surface area (TPSA) is 21.3 Å². The largest absolute Gasteiger partial charge is 0.377 e. The Balaban J connectivity index is 2.02. The zero-order valence-corrected chi connectivity index (χ0v) is 14.1. The molecule has 2 bridgehead atoms. The van der Waals surface area contributed by atoms with Gasteiger partial charge in [-0.15, -0.1) is 0 Å². The fourth-order valence-corrected chi connectivity index (χ4v) is 4.94. The van der Waals surface area contributed by atoms with Crippen molar-refractivity contribution in [2.75, 3.05) is 13.7 Å². The highest BCUT2D eigenvalue weighted by Gasteiger charge is 2.43. The molecule has 4 atom stereocenters. The summed E-state index contributed by atoms with van der Waals surface area (Å²) in [6.07, 6.45) is 10.8. The fourth-order valence-electron chi connectivity index (χ4n) is 4.94. The number of nitrogens with one attached hydrogen (secondary N) is 1. The van der Waals surface area contributed by atoms with Crippen molar-refractivity contribution < 1.29 is 4.74 Å². The van der Waals surface area contributed by atoms with Crippen molar-refractivity contribution in [2.24, 2.45) is 17.8 Å². The second-order valence-corrected chi connectivity index (χ2v) is 7.15. The van der Waals surface area contributed by atoms with Gasteiger partial charge in [0.25, 0.3) is 0 Å². The lowest BCUT2D eigenvalue weighted by Crippen LogP contribution is -2.52. The average molecular weight is 281 g/mol.